The minimum Gasteiger partial charge on any atom is -0.292 e. The van der Waals surface area contributed by atoms with Crippen molar-refractivity contribution in [1.29, 1.82) is 0 Å². The van der Waals surface area contributed by atoms with Crippen LogP contribution in [0.25, 0.3) is 84.3 Å². The molecule has 0 saturated heterocycles. The lowest BCUT2D eigenvalue weighted by atomic mass is 9.97. The summed E-state index contributed by atoms with van der Waals surface area (Å²) in [7, 11) is 0. The second kappa shape index (κ2) is 13.2. The molecule has 9 aromatic rings. The van der Waals surface area contributed by atoms with Crippen molar-refractivity contribution in [2.75, 3.05) is 0 Å². The first kappa shape index (κ1) is 30.2. The molecule has 0 atom stereocenters. The van der Waals surface area contributed by atoms with Crippen LogP contribution in [0.4, 0.5) is 0 Å². The molecule has 2 aromatic heterocycles. The Bertz CT molecular complexity index is 2570. The van der Waals surface area contributed by atoms with Gasteiger partial charge in [0, 0.05) is 27.9 Å². The van der Waals surface area contributed by atoms with Crippen LogP contribution in [-0.2, 0) is 0 Å². The third-order valence-corrected chi connectivity index (χ3v) is 9.21. The highest BCUT2D eigenvalue weighted by atomic mass is 15.1. The molecule has 0 fully saturated rings. The van der Waals surface area contributed by atoms with Crippen molar-refractivity contribution in [3.63, 3.8) is 0 Å². The van der Waals surface area contributed by atoms with Gasteiger partial charge in [-0.2, -0.15) is 0 Å². The molecule has 240 valence electrons. The molecule has 0 aliphatic heterocycles. The molecule has 0 unspecified atom stereocenters. The number of fused-ring (bicyclic) bond motifs is 1. The topological polar surface area (TPSA) is 43.6 Å². The monoisotopic (exact) mass is 652 g/mol. The molecule has 0 aliphatic rings. The predicted octanol–water partition coefficient (Wildman–Crippen LogP) is 11.8. The number of rotatable bonds is 7. The van der Waals surface area contributed by atoms with Crippen LogP contribution in [0.15, 0.2) is 194 Å². The molecule has 2 heterocycles. The van der Waals surface area contributed by atoms with E-state index in [2.05, 4.69) is 150 Å². The molecular weight excluding hydrogens is 621 g/mol. The van der Waals surface area contributed by atoms with Crippen molar-refractivity contribution in [2.24, 2.45) is 0 Å². The second-order valence-corrected chi connectivity index (χ2v) is 12.5. The van der Waals surface area contributed by atoms with Gasteiger partial charge in [0.2, 0.25) is 0 Å². The second-order valence-electron chi connectivity index (χ2n) is 12.5. The summed E-state index contributed by atoms with van der Waals surface area (Å²) in [5.41, 5.74) is 13.6. The maximum atomic E-state index is 5.07. The highest BCUT2D eigenvalue weighted by Gasteiger charge is 2.15. The Hall–Kier alpha value is -6.91. The molecule has 0 radical (unpaired) electrons. The summed E-state index contributed by atoms with van der Waals surface area (Å²) in [6, 6.07) is 67.4. The van der Waals surface area contributed by atoms with Gasteiger partial charge in [-0.3, -0.25) is 4.57 Å². The van der Waals surface area contributed by atoms with Crippen LogP contribution in [0, 0.1) is 0 Å². The van der Waals surface area contributed by atoms with Crippen molar-refractivity contribution >= 4 is 11.0 Å². The van der Waals surface area contributed by atoms with Gasteiger partial charge in [-0.1, -0.05) is 152 Å². The quantitative estimate of drug-likeness (QED) is 0.172. The number of para-hydroxylation sites is 2. The lowest BCUT2D eigenvalue weighted by Gasteiger charge is -2.13. The van der Waals surface area contributed by atoms with Crippen molar-refractivity contribution in [3.05, 3.63) is 194 Å². The van der Waals surface area contributed by atoms with Crippen LogP contribution in [0.3, 0.4) is 0 Å². The summed E-state index contributed by atoms with van der Waals surface area (Å²) in [4.78, 5) is 15.1. The number of imidazole rings is 1. The van der Waals surface area contributed by atoms with Gasteiger partial charge >= 0.3 is 0 Å². The first-order valence-electron chi connectivity index (χ1n) is 17.1. The lowest BCUT2D eigenvalue weighted by Crippen LogP contribution is -1.98. The fourth-order valence-electron chi connectivity index (χ4n) is 6.70. The predicted molar refractivity (Wildman–Crippen MR) is 209 cm³/mol. The van der Waals surface area contributed by atoms with E-state index in [0.29, 0.717) is 5.82 Å². The Morgan fingerprint density at radius 3 is 1.45 bits per heavy atom. The van der Waals surface area contributed by atoms with Gasteiger partial charge < -0.3 is 0 Å². The van der Waals surface area contributed by atoms with Crippen molar-refractivity contribution < 1.29 is 0 Å². The molecule has 0 bridgehead atoms. The summed E-state index contributed by atoms with van der Waals surface area (Å²) in [6.45, 7) is 0. The van der Waals surface area contributed by atoms with Crippen molar-refractivity contribution in [1.82, 2.24) is 19.5 Å². The van der Waals surface area contributed by atoms with Gasteiger partial charge in [-0.25, -0.2) is 15.0 Å². The SMILES string of the molecule is c1ccc(-c2cc(-c3cccc(-c4cccc(-c5cccc(-n6c(-c7ccccc7)nc7ccccc76)c5)c4)c3)nc(-c3ccccc3)n2)cc1. The van der Waals surface area contributed by atoms with Gasteiger partial charge in [-0.05, 0) is 64.7 Å². The number of hydrogen-bond donors (Lipinski definition) is 0. The molecule has 4 nitrogen and oxygen atoms in total. The van der Waals surface area contributed by atoms with Gasteiger partial charge in [0.1, 0.15) is 5.82 Å². The average Bonchev–Trinajstić information content (AvgIpc) is 3.62. The number of hydrogen-bond acceptors (Lipinski definition) is 3. The molecule has 0 saturated carbocycles. The maximum Gasteiger partial charge on any atom is 0.160 e. The van der Waals surface area contributed by atoms with E-state index in [9.17, 15) is 0 Å². The molecule has 4 heteroatoms. The fraction of sp³-hybridized carbons (Fsp3) is 0. The summed E-state index contributed by atoms with van der Waals surface area (Å²) < 4.78 is 2.26. The Kier molecular flexibility index (Phi) is 7.80. The van der Waals surface area contributed by atoms with Gasteiger partial charge in [0.15, 0.2) is 5.82 Å². The Labute approximate surface area is 297 Å². The van der Waals surface area contributed by atoms with E-state index in [1.54, 1.807) is 0 Å². The molecule has 0 spiro atoms. The molecule has 0 amide bonds. The van der Waals surface area contributed by atoms with E-state index >= 15 is 0 Å². The fourth-order valence-corrected chi connectivity index (χ4v) is 6.70. The van der Waals surface area contributed by atoms with E-state index in [1.807, 2.05) is 48.5 Å². The highest BCUT2D eigenvalue weighted by molar-refractivity contribution is 5.84. The largest absolute Gasteiger partial charge is 0.292 e. The smallest absolute Gasteiger partial charge is 0.160 e. The van der Waals surface area contributed by atoms with Crippen molar-refractivity contribution in [2.45, 2.75) is 0 Å². The Morgan fingerprint density at radius 2 is 0.784 bits per heavy atom. The normalized spacial score (nSPS) is 11.1. The Balaban J connectivity index is 1.10. The molecule has 7 aromatic carbocycles. The van der Waals surface area contributed by atoms with Gasteiger partial charge in [0.25, 0.3) is 0 Å². The van der Waals surface area contributed by atoms with Crippen LogP contribution >= 0.6 is 0 Å². The Morgan fingerprint density at radius 1 is 0.314 bits per heavy atom. The van der Waals surface area contributed by atoms with Crippen molar-refractivity contribution in [3.8, 4) is 73.2 Å². The first-order valence-corrected chi connectivity index (χ1v) is 17.1. The third kappa shape index (κ3) is 6.00. The van der Waals surface area contributed by atoms with Crippen LogP contribution in [0.2, 0.25) is 0 Å². The lowest BCUT2D eigenvalue weighted by molar-refractivity contribution is 1.10. The summed E-state index contributed by atoms with van der Waals surface area (Å²) in [6.07, 6.45) is 0. The summed E-state index contributed by atoms with van der Waals surface area (Å²) in [5, 5.41) is 0. The zero-order chi connectivity index (χ0) is 34.0. The van der Waals surface area contributed by atoms with Gasteiger partial charge in [-0.15, -0.1) is 0 Å². The number of nitrogens with zero attached hydrogens (tertiary/aromatic N) is 4. The zero-order valence-corrected chi connectivity index (χ0v) is 27.8. The maximum absolute atomic E-state index is 5.07. The van der Waals surface area contributed by atoms with E-state index in [4.69, 9.17) is 15.0 Å². The zero-order valence-electron chi connectivity index (χ0n) is 27.8. The molecular formula is C47H32N4. The van der Waals surface area contributed by atoms with E-state index in [1.165, 1.54) is 0 Å². The van der Waals surface area contributed by atoms with Crippen LogP contribution in [-0.4, -0.2) is 19.5 Å². The first-order chi connectivity index (χ1) is 25.3. The van der Waals surface area contributed by atoms with Crippen LogP contribution in [0.1, 0.15) is 0 Å². The molecule has 0 N–H and O–H groups in total. The van der Waals surface area contributed by atoms with Crippen LogP contribution < -0.4 is 0 Å². The van der Waals surface area contributed by atoms with E-state index in [0.717, 1.165) is 78.4 Å². The van der Waals surface area contributed by atoms with Gasteiger partial charge in [0.05, 0.1) is 22.4 Å². The highest BCUT2D eigenvalue weighted by Crippen LogP contribution is 2.34. The minimum absolute atomic E-state index is 0.709. The average molecular weight is 653 g/mol. The van der Waals surface area contributed by atoms with E-state index in [-0.39, 0.29) is 0 Å². The minimum atomic E-state index is 0.709. The van der Waals surface area contributed by atoms with E-state index < -0.39 is 0 Å². The standard InChI is InChI=1S/C47H32N4/c1-4-15-33(16-5-1)43-32-44(49-46(48-43)34-17-6-2-7-18-34)40-25-13-23-38(30-40)36-21-12-22-37(29-36)39-24-14-26-41(31-39)51-45-28-11-10-27-42(45)50-47(51)35-19-8-3-9-20-35/h1-32H. The number of aromatic nitrogens is 4. The third-order valence-electron chi connectivity index (χ3n) is 9.21. The summed E-state index contributed by atoms with van der Waals surface area (Å²) in [5.74, 6) is 1.63. The molecule has 9 rings (SSSR count). The summed E-state index contributed by atoms with van der Waals surface area (Å²) >= 11 is 0. The van der Waals surface area contributed by atoms with Crippen LogP contribution in [0.5, 0.6) is 0 Å². The molecule has 51 heavy (non-hydrogen) atoms. The number of benzene rings is 7. The molecule has 0 aliphatic carbocycles.